The quantitative estimate of drug-likeness (QED) is 0.317. The van der Waals surface area contributed by atoms with Gasteiger partial charge in [-0.2, -0.15) is 0 Å². The van der Waals surface area contributed by atoms with E-state index in [-0.39, 0.29) is 23.2 Å². The Hall–Kier alpha value is -3.45. The predicted octanol–water partition coefficient (Wildman–Crippen LogP) is 4.21. The fourth-order valence-electron chi connectivity index (χ4n) is 3.92. The van der Waals surface area contributed by atoms with Gasteiger partial charge in [0.2, 0.25) is 0 Å². The third kappa shape index (κ3) is 4.41. The van der Waals surface area contributed by atoms with E-state index in [2.05, 4.69) is 12.2 Å². The first-order valence-corrected chi connectivity index (χ1v) is 11.4. The Morgan fingerprint density at radius 3 is 2.70 bits per heavy atom. The molecule has 3 heterocycles. The van der Waals surface area contributed by atoms with E-state index in [9.17, 15) is 9.59 Å². The van der Waals surface area contributed by atoms with Gasteiger partial charge in [-0.1, -0.05) is 55.6 Å². The molecular weight excluding hydrogens is 438 g/mol. The standard InChI is InChI=1S/C25H26ClN5O2/c1-3-4-7-12-30-21(27)18(24(32)28-15-17-10-5-6-11-20(17)26)14-19-23(30)29-22-16(2)9-8-13-31(22)25(19)33/h5-6,8-11,13-14,27H,3-4,7,12,15H2,1-2H3,(H,28,32). The molecule has 33 heavy (non-hydrogen) atoms. The van der Waals surface area contributed by atoms with Crippen LogP contribution in [-0.4, -0.2) is 19.9 Å². The van der Waals surface area contributed by atoms with Crippen molar-refractivity contribution < 1.29 is 4.79 Å². The van der Waals surface area contributed by atoms with Gasteiger partial charge >= 0.3 is 0 Å². The molecule has 7 nitrogen and oxygen atoms in total. The Morgan fingerprint density at radius 1 is 1.15 bits per heavy atom. The highest BCUT2D eigenvalue weighted by atomic mass is 35.5. The maximum absolute atomic E-state index is 13.3. The summed E-state index contributed by atoms with van der Waals surface area (Å²) in [7, 11) is 0. The Bertz CT molecular complexity index is 1470. The second kappa shape index (κ2) is 9.58. The molecule has 170 valence electrons. The molecule has 4 aromatic rings. The summed E-state index contributed by atoms with van der Waals surface area (Å²) >= 11 is 6.20. The number of fused-ring (bicyclic) bond motifs is 2. The number of unbranched alkanes of at least 4 members (excludes halogenated alkanes) is 2. The van der Waals surface area contributed by atoms with Crippen LogP contribution in [0.3, 0.4) is 0 Å². The Morgan fingerprint density at radius 2 is 1.94 bits per heavy atom. The van der Waals surface area contributed by atoms with E-state index in [1.165, 1.54) is 10.5 Å². The lowest BCUT2D eigenvalue weighted by atomic mass is 10.1. The normalized spacial score (nSPS) is 11.2. The van der Waals surface area contributed by atoms with Crippen molar-refractivity contribution in [2.24, 2.45) is 0 Å². The van der Waals surface area contributed by atoms with Crippen LogP contribution in [0.5, 0.6) is 0 Å². The van der Waals surface area contributed by atoms with Crippen LogP contribution in [0, 0.1) is 12.3 Å². The van der Waals surface area contributed by atoms with Crippen LogP contribution in [-0.2, 0) is 13.1 Å². The highest BCUT2D eigenvalue weighted by molar-refractivity contribution is 6.31. The second-order valence-electron chi connectivity index (χ2n) is 8.08. The molecule has 0 aliphatic carbocycles. The Labute approximate surface area is 196 Å². The van der Waals surface area contributed by atoms with Crippen molar-refractivity contribution in [2.75, 3.05) is 0 Å². The van der Waals surface area contributed by atoms with Crippen molar-refractivity contribution in [2.45, 2.75) is 46.2 Å². The lowest BCUT2D eigenvalue weighted by Gasteiger charge is -2.15. The molecule has 0 radical (unpaired) electrons. The first kappa shape index (κ1) is 22.7. The third-order valence-electron chi connectivity index (χ3n) is 5.76. The Balaban J connectivity index is 1.85. The molecule has 1 aromatic carbocycles. The second-order valence-corrected chi connectivity index (χ2v) is 8.49. The van der Waals surface area contributed by atoms with E-state index in [0.717, 1.165) is 30.4 Å². The number of amides is 1. The predicted molar refractivity (Wildman–Crippen MR) is 130 cm³/mol. The number of nitrogens with one attached hydrogen (secondary N) is 2. The average molecular weight is 464 g/mol. The smallest absolute Gasteiger partial charge is 0.267 e. The number of carbonyl (C=O) groups is 1. The Kier molecular flexibility index (Phi) is 6.60. The molecule has 0 spiro atoms. The molecule has 0 aliphatic heterocycles. The number of pyridine rings is 2. The zero-order valence-corrected chi connectivity index (χ0v) is 19.4. The number of nitrogens with zero attached hydrogens (tertiary/aromatic N) is 3. The number of carbonyl (C=O) groups excluding carboxylic acids is 1. The van der Waals surface area contributed by atoms with Crippen molar-refractivity contribution in [1.29, 1.82) is 5.41 Å². The van der Waals surface area contributed by atoms with E-state index >= 15 is 0 Å². The van der Waals surface area contributed by atoms with Gasteiger partial charge in [-0.05, 0) is 42.7 Å². The van der Waals surface area contributed by atoms with E-state index in [1.807, 2.05) is 31.2 Å². The van der Waals surface area contributed by atoms with Crippen molar-refractivity contribution >= 4 is 34.2 Å². The van der Waals surface area contributed by atoms with Gasteiger partial charge in [-0.15, -0.1) is 0 Å². The van der Waals surface area contributed by atoms with Gasteiger partial charge in [0.05, 0.1) is 10.9 Å². The maximum Gasteiger partial charge on any atom is 0.267 e. The molecular formula is C25H26ClN5O2. The summed E-state index contributed by atoms with van der Waals surface area (Å²) in [6.45, 7) is 4.72. The minimum Gasteiger partial charge on any atom is -0.348 e. The van der Waals surface area contributed by atoms with Crippen LogP contribution < -0.4 is 16.4 Å². The lowest BCUT2D eigenvalue weighted by molar-refractivity contribution is 0.0948. The van der Waals surface area contributed by atoms with Crippen molar-refractivity contribution in [3.05, 3.63) is 86.2 Å². The van der Waals surface area contributed by atoms with Crippen LogP contribution in [0.1, 0.15) is 47.7 Å². The fraction of sp³-hybridized carbons (Fsp3) is 0.280. The molecule has 0 saturated carbocycles. The SMILES string of the molecule is CCCCCn1c(=N)c(C(=O)NCc2ccccc2Cl)cc2c(=O)n3cccc(C)c3nc21. The largest absolute Gasteiger partial charge is 0.348 e. The average Bonchev–Trinajstić information content (AvgIpc) is 2.80. The van der Waals surface area contributed by atoms with Crippen LogP contribution in [0.25, 0.3) is 16.7 Å². The summed E-state index contributed by atoms with van der Waals surface area (Å²) in [6.07, 6.45) is 4.48. The number of halogens is 1. The topological polar surface area (TPSA) is 92.2 Å². The number of rotatable bonds is 7. The van der Waals surface area contributed by atoms with E-state index in [4.69, 9.17) is 22.0 Å². The van der Waals surface area contributed by atoms with Crippen molar-refractivity contribution in [1.82, 2.24) is 19.3 Å². The van der Waals surface area contributed by atoms with Crippen LogP contribution in [0.4, 0.5) is 0 Å². The van der Waals surface area contributed by atoms with Gasteiger partial charge in [0, 0.05) is 24.3 Å². The lowest BCUT2D eigenvalue weighted by Crippen LogP contribution is -2.35. The molecule has 0 unspecified atom stereocenters. The molecule has 8 heteroatoms. The number of hydrogen-bond donors (Lipinski definition) is 2. The minimum atomic E-state index is -0.431. The number of aryl methyl sites for hydroxylation is 2. The maximum atomic E-state index is 13.3. The molecule has 0 aliphatic rings. The highest BCUT2D eigenvalue weighted by Crippen LogP contribution is 2.16. The molecule has 3 aromatic heterocycles. The summed E-state index contributed by atoms with van der Waals surface area (Å²) in [5.41, 5.74) is 2.54. The van der Waals surface area contributed by atoms with E-state index in [0.29, 0.717) is 28.2 Å². The van der Waals surface area contributed by atoms with Gasteiger partial charge in [0.1, 0.15) is 16.8 Å². The monoisotopic (exact) mass is 463 g/mol. The summed E-state index contributed by atoms with van der Waals surface area (Å²) in [6, 6.07) is 12.4. The van der Waals surface area contributed by atoms with Crippen LogP contribution in [0.15, 0.2) is 53.5 Å². The molecule has 0 atom stereocenters. The number of hydrogen-bond acceptors (Lipinski definition) is 4. The molecule has 0 saturated heterocycles. The fourth-order valence-corrected chi connectivity index (χ4v) is 4.12. The number of aromatic nitrogens is 3. The van der Waals surface area contributed by atoms with Crippen LogP contribution >= 0.6 is 11.6 Å². The van der Waals surface area contributed by atoms with E-state index in [1.54, 1.807) is 22.9 Å². The summed E-state index contributed by atoms with van der Waals surface area (Å²) in [5.74, 6) is -0.431. The van der Waals surface area contributed by atoms with Gasteiger partial charge < -0.3 is 9.88 Å². The summed E-state index contributed by atoms with van der Waals surface area (Å²) in [5, 5.41) is 12.5. The first-order chi connectivity index (χ1) is 15.9. The molecule has 1 amide bonds. The summed E-state index contributed by atoms with van der Waals surface area (Å²) in [4.78, 5) is 31.2. The molecule has 0 fully saturated rings. The van der Waals surface area contributed by atoms with Crippen molar-refractivity contribution in [3.63, 3.8) is 0 Å². The summed E-state index contributed by atoms with van der Waals surface area (Å²) < 4.78 is 3.17. The number of benzene rings is 1. The highest BCUT2D eigenvalue weighted by Gasteiger charge is 2.18. The zero-order valence-electron chi connectivity index (χ0n) is 18.7. The third-order valence-corrected chi connectivity index (χ3v) is 6.13. The van der Waals surface area contributed by atoms with Gasteiger partial charge in [0.15, 0.2) is 0 Å². The van der Waals surface area contributed by atoms with Gasteiger partial charge in [0.25, 0.3) is 11.5 Å². The van der Waals surface area contributed by atoms with Crippen molar-refractivity contribution in [3.8, 4) is 0 Å². The minimum absolute atomic E-state index is 0.0418. The van der Waals surface area contributed by atoms with Gasteiger partial charge in [-0.25, -0.2) is 4.98 Å². The van der Waals surface area contributed by atoms with E-state index < -0.39 is 5.91 Å². The molecule has 0 bridgehead atoms. The molecule has 4 rings (SSSR count). The van der Waals surface area contributed by atoms with Crippen LogP contribution in [0.2, 0.25) is 5.02 Å². The molecule has 2 N–H and O–H groups in total. The zero-order chi connectivity index (χ0) is 23.5. The first-order valence-electron chi connectivity index (χ1n) is 11.0. The van der Waals surface area contributed by atoms with Gasteiger partial charge in [-0.3, -0.25) is 19.4 Å².